The van der Waals surface area contributed by atoms with Gasteiger partial charge in [-0.05, 0) is 30.7 Å². The average molecular weight is 761 g/mol. The second kappa shape index (κ2) is 17.9. The molecule has 1 spiro atoms. The number of benzene rings is 1. The van der Waals surface area contributed by atoms with Crippen LogP contribution in [0.3, 0.4) is 0 Å². The summed E-state index contributed by atoms with van der Waals surface area (Å²) in [6.45, 7) is 14.0. The Morgan fingerprint density at radius 1 is 1.22 bits per heavy atom. The van der Waals surface area contributed by atoms with E-state index < -0.39 is 59.6 Å². The minimum atomic E-state index is -1.32. The summed E-state index contributed by atoms with van der Waals surface area (Å²) >= 11 is 3.74. The van der Waals surface area contributed by atoms with Crippen LogP contribution in [0.5, 0.6) is 0 Å². The molecule has 50 heavy (non-hydrogen) atoms. The predicted octanol–water partition coefficient (Wildman–Crippen LogP) is 4.34. The maximum absolute atomic E-state index is 14.8. The SMILES string of the molecule is C=CCCC(=O)N[C@H](COC)[C@H](OC(=O)[C@H]1[C@@H]2O[C@@]3(CC2Br)[C@@H]1C(=O)N([C@@H](CO)[C@@H](C)CC)[C@@H]3C(=O)N(CC=C)CCCC)c1ccccc1. The van der Waals surface area contributed by atoms with Gasteiger partial charge in [0.05, 0.1) is 43.2 Å². The number of carbonyl (C=O) groups is 4. The maximum Gasteiger partial charge on any atom is 0.313 e. The summed E-state index contributed by atoms with van der Waals surface area (Å²) in [5.74, 6) is -3.80. The first kappa shape index (κ1) is 39.7. The summed E-state index contributed by atoms with van der Waals surface area (Å²) in [5.41, 5.74) is -0.683. The molecule has 4 rings (SSSR count). The van der Waals surface area contributed by atoms with Crippen molar-refractivity contribution in [1.29, 1.82) is 0 Å². The number of amides is 3. The third-order valence-corrected chi connectivity index (χ3v) is 11.4. The predicted molar refractivity (Wildman–Crippen MR) is 193 cm³/mol. The molecular weight excluding hydrogens is 706 g/mol. The first-order valence-electron chi connectivity index (χ1n) is 17.8. The van der Waals surface area contributed by atoms with Crippen molar-refractivity contribution in [3.63, 3.8) is 0 Å². The first-order valence-corrected chi connectivity index (χ1v) is 18.8. The molecule has 0 saturated carbocycles. The van der Waals surface area contributed by atoms with Gasteiger partial charge in [0, 0.05) is 31.4 Å². The molecule has 11 nitrogen and oxygen atoms in total. The second-order valence-electron chi connectivity index (χ2n) is 13.7. The molecule has 3 heterocycles. The van der Waals surface area contributed by atoms with E-state index >= 15 is 0 Å². The van der Waals surface area contributed by atoms with Gasteiger partial charge in [-0.25, -0.2) is 0 Å². The van der Waals surface area contributed by atoms with Gasteiger partial charge in [0.25, 0.3) is 0 Å². The van der Waals surface area contributed by atoms with Crippen LogP contribution in [0, 0.1) is 17.8 Å². The zero-order valence-corrected chi connectivity index (χ0v) is 31.4. The molecule has 3 aliphatic rings. The van der Waals surface area contributed by atoms with Crippen molar-refractivity contribution < 1.29 is 38.5 Å². The molecule has 2 bridgehead atoms. The average Bonchev–Trinajstić information content (AvgIpc) is 3.71. The van der Waals surface area contributed by atoms with E-state index in [4.69, 9.17) is 14.2 Å². The van der Waals surface area contributed by atoms with Crippen LogP contribution in [0.4, 0.5) is 0 Å². The minimum Gasteiger partial charge on any atom is -0.455 e. The number of nitrogens with one attached hydrogen (secondary N) is 1. The maximum atomic E-state index is 14.8. The third kappa shape index (κ3) is 7.88. The van der Waals surface area contributed by atoms with E-state index in [1.54, 1.807) is 17.1 Å². The lowest BCUT2D eigenvalue weighted by molar-refractivity contribution is -0.163. The second-order valence-corrected chi connectivity index (χ2v) is 14.9. The van der Waals surface area contributed by atoms with Gasteiger partial charge in [0.1, 0.15) is 17.7 Å². The van der Waals surface area contributed by atoms with Crippen LogP contribution < -0.4 is 5.32 Å². The fraction of sp³-hybridized carbons (Fsp3) is 0.632. The van der Waals surface area contributed by atoms with Crippen molar-refractivity contribution in [2.45, 2.75) is 100 Å². The van der Waals surface area contributed by atoms with E-state index in [-0.39, 0.29) is 48.7 Å². The molecule has 1 aromatic rings. The number of carbonyl (C=O) groups excluding carboxylic acids is 4. The van der Waals surface area contributed by atoms with E-state index in [0.717, 1.165) is 12.8 Å². The molecule has 1 unspecified atom stereocenters. The van der Waals surface area contributed by atoms with Gasteiger partial charge in [0.15, 0.2) is 0 Å². The number of unbranched alkanes of at least 4 members (excludes halogenated alkanes) is 1. The van der Waals surface area contributed by atoms with Crippen LogP contribution in [-0.2, 0) is 33.4 Å². The summed E-state index contributed by atoms with van der Waals surface area (Å²) in [6, 6.07) is 6.63. The highest BCUT2D eigenvalue weighted by Gasteiger charge is 2.77. The van der Waals surface area contributed by atoms with E-state index in [1.165, 1.54) is 12.0 Å². The smallest absolute Gasteiger partial charge is 0.313 e. The number of likely N-dealkylation sites (tertiary alicyclic amines) is 1. The number of hydrogen-bond donors (Lipinski definition) is 2. The fourth-order valence-corrected chi connectivity index (χ4v) is 8.82. The van der Waals surface area contributed by atoms with E-state index in [1.807, 2.05) is 51.1 Å². The summed E-state index contributed by atoms with van der Waals surface area (Å²) in [5, 5.41) is 13.7. The molecule has 10 atom stereocenters. The number of allylic oxidation sites excluding steroid dienone is 1. The number of fused-ring (bicyclic) bond motifs is 1. The Morgan fingerprint density at radius 2 is 1.94 bits per heavy atom. The number of esters is 1. The van der Waals surface area contributed by atoms with Gasteiger partial charge in [0.2, 0.25) is 17.7 Å². The van der Waals surface area contributed by atoms with E-state index in [0.29, 0.717) is 31.4 Å². The molecule has 1 aromatic carbocycles. The molecule has 0 radical (unpaired) electrons. The first-order chi connectivity index (χ1) is 24.0. The number of halogens is 1. The number of methoxy groups -OCH3 is 1. The number of aliphatic hydroxyl groups excluding tert-OH is 1. The quantitative estimate of drug-likeness (QED) is 0.114. The van der Waals surface area contributed by atoms with Crippen molar-refractivity contribution in [2.75, 3.05) is 33.4 Å². The molecule has 3 fully saturated rings. The van der Waals surface area contributed by atoms with Gasteiger partial charge >= 0.3 is 5.97 Å². The van der Waals surface area contributed by atoms with Gasteiger partial charge < -0.3 is 34.4 Å². The number of aliphatic hydroxyl groups is 1. The Labute approximate surface area is 304 Å². The van der Waals surface area contributed by atoms with Crippen molar-refractivity contribution in [1.82, 2.24) is 15.1 Å². The van der Waals surface area contributed by atoms with Crippen LogP contribution in [0.1, 0.15) is 71.0 Å². The highest BCUT2D eigenvalue weighted by atomic mass is 79.9. The molecule has 0 aliphatic carbocycles. The van der Waals surface area contributed by atoms with Crippen molar-refractivity contribution in [3.05, 3.63) is 61.2 Å². The molecule has 3 saturated heterocycles. The van der Waals surface area contributed by atoms with Crippen molar-refractivity contribution in [2.24, 2.45) is 17.8 Å². The van der Waals surface area contributed by atoms with Gasteiger partial charge in [-0.1, -0.05) is 92.0 Å². The Hall–Kier alpha value is -3.06. The monoisotopic (exact) mass is 759 g/mol. The van der Waals surface area contributed by atoms with Crippen LogP contribution in [0.2, 0.25) is 0 Å². The highest BCUT2D eigenvalue weighted by molar-refractivity contribution is 9.09. The normalized spacial score (nSPS) is 27.6. The topological polar surface area (TPSA) is 135 Å². The van der Waals surface area contributed by atoms with E-state index in [9.17, 15) is 24.3 Å². The zero-order valence-electron chi connectivity index (χ0n) is 29.8. The Kier molecular flexibility index (Phi) is 14.2. The number of hydrogen-bond acceptors (Lipinski definition) is 8. The standard InChI is InChI=1S/C38H54BrN3O8/c1-7-11-18-29(44)40-27(23-48-6)32(25-16-14-13-15-17-25)49-37(47)30-31-35(45)42(28(22-43)24(5)10-4)34(38(31)21-26(39)33(30)50-38)36(46)41(19-9-3)20-12-8-2/h7,9,13-17,24,26-28,30-34,43H,1,3,8,10-12,18-23H2,2,4-6H3,(H,40,44)/t24-,26?,27+,28-,30+,31-,32+,33+,34+,38-/m0/s1. The highest BCUT2D eigenvalue weighted by Crippen LogP contribution is 2.61. The Bertz CT molecular complexity index is 1360. The molecular formula is C38H54BrN3O8. The Morgan fingerprint density at radius 3 is 2.54 bits per heavy atom. The lowest BCUT2D eigenvalue weighted by Gasteiger charge is -2.41. The molecule has 0 aromatic heterocycles. The summed E-state index contributed by atoms with van der Waals surface area (Å²) in [7, 11) is 1.50. The van der Waals surface area contributed by atoms with Crippen molar-refractivity contribution >= 4 is 39.6 Å². The molecule has 3 amide bonds. The van der Waals surface area contributed by atoms with Crippen LogP contribution in [0.25, 0.3) is 0 Å². The fourth-order valence-electron chi connectivity index (χ4n) is 7.88. The third-order valence-electron chi connectivity index (χ3n) is 10.5. The van der Waals surface area contributed by atoms with Crippen LogP contribution >= 0.6 is 15.9 Å². The summed E-state index contributed by atoms with van der Waals surface area (Å²) in [4.78, 5) is 59.8. The number of nitrogens with zero attached hydrogens (tertiary/aromatic N) is 2. The largest absolute Gasteiger partial charge is 0.455 e. The van der Waals surface area contributed by atoms with Crippen LogP contribution in [0.15, 0.2) is 55.6 Å². The number of alkyl halides is 1. The van der Waals surface area contributed by atoms with E-state index in [2.05, 4.69) is 34.4 Å². The van der Waals surface area contributed by atoms with Crippen LogP contribution in [-0.4, -0.2) is 107 Å². The minimum absolute atomic E-state index is 0.0545. The lowest BCUT2D eigenvalue weighted by atomic mass is 9.70. The molecule has 12 heteroatoms. The van der Waals surface area contributed by atoms with Gasteiger partial charge in [-0.3, -0.25) is 19.2 Å². The summed E-state index contributed by atoms with van der Waals surface area (Å²) < 4.78 is 18.6. The zero-order chi connectivity index (χ0) is 36.6. The van der Waals surface area contributed by atoms with Crippen molar-refractivity contribution in [3.8, 4) is 0 Å². The Balaban J connectivity index is 1.77. The molecule has 276 valence electrons. The molecule has 3 aliphatic heterocycles. The number of rotatable bonds is 20. The molecule has 2 N–H and O–H groups in total. The van der Waals surface area contributed by atoms with Gasteiger partial charge in [-0.2, -0.15) is 0 Å². The van der Waals surface area contributed by atoms with Gasteiger partial charge in [-0.15, -0.1) is 13.2 Å². The lowest BCUT2D eigenvalue weighted by Crippen LogP contribution is -2.60. The summed E-state index contributed by atoms with van der Waals surface area (Å²) in [6.07, 6.45) is 4.93. The number of ether oxygens (including phenoxy) is 3.